The molecule has 1 aliphatic rings. The first-order valence-corrected chi connectivity index (χ1v) is 9.80. The van der Waals surface area contributed by atoms with Crippen molar-refractivity contribution in [3.63, 3.8) is 0 Å². The minimum atomic E-state index is 0.0729. The van der Waals surface area contributed by atoms with E-state index in [2.05, 4.69) is 11.4 Å². The van der Waals surface area contributed by atoms with Gasteiger partial charge in [-0.3, -0.25) is 4.79 Å². The van der Waals surface area contributed by atoms with Crippen LogP contribution in [0.5, 0.6) is 0 Å². The van der Waals surface area contributed by atoms with Crippen LogP contribution in [0.15, 0.2) is 59.0 Å². The molecule has 1 amide bonds. The van der Waals surface area contributed by atoms with E-state index >= 15 is 0 Å². The molecule has 0 aliphatic carbocycles. The summed E-state index contributed by atoms with van der Waals surface area (Å²) >= 11 is 0. The second kappa shape index (κ2) is 8.17. The van der Waals surface area contributed by atoms with Crippen molar-refractivity contribution < 1.29 is 13.9 Å². The third kappa shape index (κ3) is 4.26. The third-order valence-electron chi connectivity index (χ3n) is 5.01. The van der Waals surface area contributed by atoms with Gasteiger partial charge in [0.05, 0.1) is 18.8 Å². The van der Waals surface area contributed by atoms with E-state index in [1.54, 1.807) is 0 Å². The maximum absolute atomic E-state index is 12.7. The quantitative estimate of drug-likeness (QED) is 0.730. The Morgan fingerprint density at radius 1 is 1.04 bits per heavy atom. The number of rotatable bonds is 5. The lowest BCUT2D eigenvalue weighted by Crippen LogP contribution is -2.48. The zero-order chi connectivity index (χ0) is 19.5. The second-order valence-corrected chi connectivity index (χ2v) is 7.52. The molecule has 2 aromatic carbocycles. The Kier molecular flexibility index (Phi) is 5.46. The van der Waals surface area contributed by atoms with Crippen LogP contribution in [0.1, 0.15) is 35.5 Å². The summed E-state index contributed by atoms with van der Waals surface area (Å²) in [6.07, 6.45) is 0.156. The predicted octanol–water partition coefficient (Wildman–Crippen LogP) is 3.97. The van der Waals surface area contributed by atoms with Crippen LogP contribution in [-0.4, -0.2) is 36.1 Å². The molecule has 1 saturated heterocycles. The van der Waals surface area contributed by atoms with E-state index in [9.17, 15) is 4.79 Å². The fourth-order valence-corrected chi connectivity index (χ4v) is 3.75. The standard InChI is InChI=1S/C23H26N2O3/c1-16-14-25(15-17(2)27-16)23(26)19-9-7-18(8-10-19)12-24-13-21-11-20-5-3-4-6-22(20)28-21/h3-11,16-17,24H,12-15H2,1-2H3. The van der Waals surface area contributed by atoms with E-state index < -0.39 is 0 Å². The number of para-hydroxylation sites is 1. The van der Waals surface area contributed by atoms with E-state index in [0.29, 0.717) is 19.6 Å². The van der Waals surface area contributed by atoms with Crippen molar-refractivity contribution >= 4 is 16.9 Å². The van der Waals surface area contributed by atoms with Crippen LogP contribution in [0, 0.1) is 0 Å². The van der Waals surface area contributed by atoms with Crippen molar-refractivity contribution in [2.24, 2.45) is 0 Å². The number of nitrogens with zero attached hydrogens (tertiary/aromatic N) is 1. The number of ether oxygens (including phenoxy) is 1. The first-order chi connectivity index (χ1) is 13.6. The highest BCUT2D eigenvalue weighted by molar-refractivity contribution is 5.94. The number of hydrogen-bond acceptors (Lipinski definition) is 4. The zero-order valence-electron chi connectivity index (χ0n) is 16.4. The third-order valence-corrected chi connectivity index (χ3v) is 5.01. The molecule has 28 heavy (non-hydrogen) atoms. The van der Waals surface area contributed by atoms with Crippen LogP contribution in [0.4, 0.5) is 0 Å². The zero-order valence-corrected chi connectivity index (χ0v) is 16.4. The summed E-state index contributed by atoms with van der Waals surface area (Å²) in [6, 6.07) is 17.9. The number of carbonyl (C=O) groups excluding carboxylic acids is 1. The van der Waals surface area contributed by atoms with Gasteiger partial charge in [0.1, 0.15) is 11.3 Å². The fourth-order valence-electron chi connectivity index (χ4n) is 3.75. The first-order valence-electron chi connectivity index (χ1n) is 9.80. The molecule has 1 aliphatic heterocycles. The molecule has 5 heteroatoms. The average Bonchev–Trinajstić information content (AvgIpc) is 3.10. The minimum Gasteiger partial charge on any atom is -0.460 e. The Balaban J connectivity index is 1.32. The van der Waals surface area contributed by atoms with Crippen molar-refractivity contribution in [3.8, 4) is 0 Å². The SMILES string of the molecule is CC1CN(C(=O)c2ccc(CNCc3cc4ccccc4o3)cc2)CC(C)O1. The van der Waals surface area contributed by atoms with Crippen molar-refractivity contribution in [1.82, 2.24) is 10.2 Å². The van der Waals surface area contributed by atoms with Crippen molar-refractivity contribution in [2.45, 2.75) is 39.1 Å². The molecule has 3 aromatic rings. The van der Waals surface area contributed by atoms with Crippen LogP contribution in [0.3, 0.4) is 0 Å². The maximum atomic E-state index is 12.7. The van der Waals surface area contributed by atoms with Crippen LogP contribution >= 0.6 is 0 Å². The Morgan fingerprint density at radius 3 is 2.46 bits per heavy atom. The molecule has 4 rings (SSSR count). The average molecular weight is 378 g/mol. The number of carbonyl (C=O) groups is 1. The Labute approximate surface area is 165 Å². The number of amides is 1. The van der Waals surface area contributed by atoms with Gasteiger partial charge < -0.3 is 19.4 Å². The van der Waals surface area contributed by atoms with Gasteiger partial charge in [0.2, 0.25) is 0 Å². The van der Waals surface area contributed by atoms with Crippen LogP contribution in [0.25, 0.3) is 11.0 Å². The Morgan fingerprint density at radius 2 is 1.75 bits per heavy atom. The minimum absolute atomic E-state index is 0.0729. The molecule has 146 valence electrons. The lowest BCUT2D eigenvalue weighted by Gasteiger charge is -2.35. The molecule has 0 spiro atoms. The van der Waals surface area contributed by atoms with E-state index in [-0.39, 0.29) is 18.1 Å². The summed E-state index contributed by atoms with van der Waals surface area (Å²) in [7, 11) is 0. The highest BCUT2D eigenvalue weighted by Crippen LogP contribution is 2.19. The number of furan rings is 1. The highest BCUT2D eigenvalue weighted by Gasteiger charge is 2.26. The summed E-state index contributed by atoms with van der Waals surface area (Å²) in [4.78, 5) is 14.6. The van der Waals surface area contributed by atoms with Crippen molar-refractivity contribution in [2.75, 3.05) is 13.1 Å². The smallest absolute Gasteiger partial charge is 0.254 e. The molecule has 1 aromatic heterocycles. The highest BCUT2D eigenvalue weighted by atomic mass is 16.5. The number of nitrogens with one attached hydrogen (secondary N) is 1. The summed E-state index contributed by atoms with van der Waals surface area (Å²) in [5, 5.41) is 4.52. The Hall–Kier alpha value is -2.63. The molecular weight excluding hydrogens is 352 g/mol. The van der Waals surface area contributed by atoms with E-state index in [1.807, 2.05) is 67.3 Å². The molecule has 2 unspecified atom stereocenters. The Bertz CT molecular complexity index is 905. The monoisotopic (exact) mass is 378 g/mol. The molecule has 1 fully saturated rings. The van der Waals surface area contributed by atoms with Crippen molar-refractivity contribution in [3.05, 3.63) is 71.5 Å². The van der Waals surface area contributed by atoms with Gasteiger partial charge in [0, 0.05) is 30.6 Å². The van der Waals surface area contributed by atoms with Crippen LogP contribution in [-0.2, 0) is 17.8 Å². The van der Waals surface area contributed by atoms with E-state index in [1.165, 1.54) is 0 Å². The molecule has 0 saturated carbocycles. The second-order valence-electron chi connectivity index (χ2n) is 7.52. The molecule has 5 nitrogen and oxygen atoms in total. The van der Waals surface area contributed by atoms with Gasteiger partial charge in [0.15, 0.2) is 0 Å². The van der Waals surface area contributed by atoms with Crippen molar-refractivity contribution in [1.29, 1.82) is 0 Å². The maximum Gasteiger partial charge on any atom is 0.254 e. The lowest BCUT2D eigenvalue weighted by atomic mass is 10.1. The molecule has 2 heterocycles. The summed E-state index contributed by atoms with van der Waals surface area (Å²) in [5.41, 5.74) is 2.77. The van der Waals surface area contributed by atoms with Gasteiger partial charge in [-0.1, -0.05) is 30.3 Å². The molecule has 0 bridgehead atoms. The summed E-state index contributed by atoms with van der Waals surface area (Å²) in [5.74, 6) is 0.993. The van der Waals surface area contributed by atoms with Gasteiger partial charge in [-0.15, -0.1) is 0 Å². The number of hydrogen-bond donors (Lipinski definition) is 1. The number of benzene rings is 2. The van der Waals surface area contributed by atoms with Gasteiger partial charge in [-0.25, -0.2) is 0 Å². The molecule has 2 atom stereocenters. The largest absolute Gasteiger partial charge is 0.460 e. The summed E-state index contributed by atoms with van der Waals surface area (Å²) < 4.78 is 11.5. The molecular formula is C23H26N2O3. The fraction of sp³-hybridized carbons (Fsp3) is 0.348. The van der Waals surface area contributed by atoms with Crippen LogP contribution in [0.2, 0.25) is 0 Å². The first kappa shape index (κ1) is 18.7. The van der Waals surface area contributed by atoms with Gasteiger partial charge in [0.25, 0.3) is 5.91 Å². The van der Waals surface area contributed by atoms with Gasteiger partial charge in [-0.05, 0) is 43.7 Å². The van der Waals surface area contributed by atoms with E-state index in [4.69, 9.17) is 9.15 Å². The number of morpholine rings is 1. The lowest BCUT2D eigenvalue weighted by molar-refractivity contribution is -0.0586. The molecule has 1 N–H and O–H groups in total. The topological polar surface area (TPSA) is 54.7 Å². The van der Waals surface area contributed by atoms with E-state index in [0.717, 1.165) is 34.4 Å². The summed E-state index contributed by atoms with van der Waals surface area (Å²) in [6.45, 7) is 6.68. The number of fused-ring (bicyclic) bond motifs is 1. The van der Waals surface area contributed by atoms with Crippen LogP contribution < -0.4 is 5.32 Å². The normalized spacial score (nSPS) is 19.9. The molecule has 0 radical (unpaired) electrons. The van der Waals surface area contributed by atoms with Gasteiger partial charge >= 0.3 is 0 Å². The van der Waals surface area contributed by atoms with Gasteiger partial charge in [-0.2, -0.15) is 0 Å². The predicted molar refractivity (Wildman–Crippen MR) is 109 cm³/mol.